The Morgan fingerprint density at radius 3 is 3.06 bits per heavy atom. The van der Waals surface area contributed by atoms with Crippen molar-refractivity contribution >= 4 is 17.3 Å². The second-order valence-electron chi connectivity index (χ2n) is 4.44. The SMILES string of the molecule is CCC1OCCC1C(=O)Nc1ccc(N)c(F)c1. The minimum atomic E-state index is -0.525. The van der Waals surface area contributed by atoms with Gasteiger partial charge in [-0.15, -0.1) is 0 Å². The number of carbonyl (C=O) groups excluding carboxylic acids is 1. The maximum atomic E-state index is 13.2. The monoisotopic (exact) mass is 252 g/mol. The molecule has 0 spiro atoms. The van der Waals surface area contributed by atoms with Crippen molar-refractivity contribution < 1.29 is 13.9 Å². The van der Waals surface area contributed by atoms with E-state index in [9.17, 15) is 9.18 Å². The van der Waals surface area contributed by atoms with Crippen LogP contribution in [0.5, 0.6) is 0 Å². The predicted molar refractivity (Wildman–Crippen MR) is 67.6 cm³/mol. The van der Waals surface area contributed by atoms with E-state index in [1.54, 1.807) is 6.07 Å². The van der Waals surface area contributed by atoms with E-state index in [1.165, 1.54) is 12.1 Å². The van der Waals surface area contributed by atoms with Crippen LogP contribution in [0.3, 0.4) is 0 Å². The van der Waals surface area contributed by atoms with Crippen LogP contribution in [-0.2, 0) is 9.53 Å². The van der Waals surface area contributed by atoms with Gasteiger partial charge in [0.05, 0.1) is 17.7 Å². The first-order chi connectivity index (χ1) is 8.61. The molecule has 98 valence electrons. The van der Waals surface area contributed by atoms with E-state index < -0.39 is 5.82 Å². The van der Waals surface area contributed by atoms with Gasteiger partial charge in [0.1, 0.15) is 5.82 Å². The summed E-state index contributed by atoms with van der Waals surface area (Å²) < 4.78 is 18.7. The fourth-order valence-corrected chi connectivity index (χ4v) is 2.19. The molecule has 2 atom stereocenters. The summed E-state index contributed by atoms with van der Waals surface area (Å²) in [5.74, 6) is -0.804. The normalized spacial score (nSPS) is 23.0. The lowest BCUT2D eigenvalue weighted by molar-refractivity contribution is -0.121. The average molecular weight is 252 g/mol. The first-order valence-corrected chi connectivity index (χ1v) is 6.09. The molecule has 2 rings (SSSR count). The molecule has 18 heavy (non-hydrogen) atoms. The van der Waals surface area contributed by atoms with E-state index in [-0.39, 0.29) is 23.6 Å². The van der Waals surface area contributed by atoms with Gasteiger partial charge in [0.25, 0.3) is 0 Å². The largest absolute Gasteiger partial charge is 0.396 e. The summed E-state index contributed by atoms with van der Waals surface area (Å²) in [6, 6.07) is 4.25. The van der Waals surface area contributed by atoms with Crippen molar-refractivity contribution in [1.29, 1.82) is 0 Å². The standard InChI is InChI=1S/C13H17FN2O2/c1-2-12-9(5-6-18-12)13(17)16-8-3-4-11(15)10(14)7-8/h3-4,7,9,12H,2,5-6,15H2,1H3,(H,16,17). The van der Waals surface area contributed by atoms with E-state index in [0.29, 0.717) is 18.7 Å². The molecule has 1 amide bonds. The van der Waals surface area contributed by atoms with Crippen molar-refractivity contribution in [3.8, 4) is 0 Å². The van der Waals surface area contributed by atoms with Crippen molar-refractivity contribution in [3.05, 3.63) is 24.0 Å². The van der Waals surface area contributed by atoms with Gasteiger partial charge in [-0.25, -0.2) is 4.39 Å². The van der Waals surface area contributed by atoms with Crippen molar-refractivity contribution in [2.24, 2.45) is 5.92 Å². The molecule has 2 unspecified atom stereocenters. The zero-order chi connectivity index (χ0) is 13.1. The summed E-state index contributed by atoms with van der Waals surface area (Å²) in [7, 11) is 0. The highest BCUT2D eigenvalue weighted by Crippen LogP contribution is 2.25. The zero-order valence-electron chi connectivity index (χ0n) is 10.3. The number of halogens is 1. The fraction of sp³-hybridized carbons (Fsp3) is 0.462. The van der Waals surface area contributed by atoms with Crippen molar-refractivity contribution in [2.75, 3.05) is 17.7 Å². The molecule has 1 heterocycles. The van der Waals surface area contributed by atoms with Crippen molar-refractivity contribution in [3.63, 3.8) is 0 Å². The first kappa shape index (κ1) is 12.8. The number of anilines is 2. The number of carbonyl (C=O) groups is 1. The fourth-order valence-electron chi connectivity index (χ4n) is 2.19. The van der Waals surface area contributed by atoms with Crippen molar-refractivity contribution in [1.82, 2.24) is 0 Å². The molecule has 1 aliphatic rings. The molecule has 3 N–H and O–H groups in total. The molecule has 5 heteroatoms. The van der Waals surface area contributed by atoms with Gasteiger partial charge in [-0.1, -0.05) is 6.92 Å². The number of nitrogen functional groups attached to an aromatic ring is 1. The van der Waals surface area contributed by atoms with E-state index in [2.05, 4.69) is 5.32 Å². The van der Waals surface area contributed by atoms with Crippen LogP contribution < -0.4 is 11.1 Å². The maximum absolute atomic E-state index is 13.2. The van der Waals surface area contributed by atoms with Crippen LogP contribution in [0.15, 0.2) is 18.2 Å². The number of amides is 1. The van der Waals surface area contributed by atoms with Gasteiger partial charge in [0.2, 0.25) is 5.91 Å². The molecule has 1 aromatic rings. The molecule has 0 saturated carbocycles. The molecule has 0 radical (unpaired) electrons. The Bertz CT molecular complexity index is 451. The number of ether oxygens (including phenoxy) is 1. The minimum Gasteiger partial charge on any atom is -0.396 e. The van der Waals surface area contributed by atoms with Gasteiger partial charge >= 0.3 is 0 Å². The number of nitrogens with two attached hydrogens (primary N) is 1. The highest BCUT2D eigenvalue weighted by Gasteiger charge is 2.32. The zero-order valence-corrected chi connectivity index (χ0v) is 10.3. The molecule has 1 saturated heterocycles. The van der Waals surface area contributed by atoms with E-state index in [0.717, 1.165) is 6.42 Å². The quantitative estimate of drug-likeness (QED) is 0.810. The molecule has 1 aromatic carbocycles. The van der Waals surface area contributed by atoms with Gasteiger partial charge in [0.15, 0.2) is 0 Å². The van der Waals surface area contributed by atoms with Gasteiger partial charge < -0.3 is 15.8 Å². The van der Waals surface area contributed by atoms with Crippen LogP contribution >= 0.6 is 0 Å². The Morgan fingerprint density at radius 2 is 2.39 bits per heavy atom. The second-order valence-corrected chi connectivity index (χ2v) is 4.44. The molecule has 0 aliphatic carbocycles. The van der Waals surface area contributed by atoms with Crippen LogP contribution in [0.2, 0.25) is 0 Å². The van der Waals surface area contributed by atoms with E-state index in [1.807, 2.05) is 6.92 Å². The molecule has 1 fully saturated rings. The van der Waals surface area contributed by atoms with Crippen LogP contribution in [0.1, 0.15) is 19.8 Å². The Kier molecular flexibility index (Phi) is 3.81. The summed E-state index contributed by atoms with van der Waals surface area (Å²) in [6.07, 6.45) is 1.47. The lowest BCUT2D eigenvalue weighted by Crippen LogP contribution is -2.29. The summed E-state index contributed by atoms with van der Waals surface area (Å²) in [5, 5.41) is 2.70. The van der Waals surface area contributed by atoms with Crippen molar-refractivity contribution in [2.45, 2.75) is 25.9 Å². The number of nitrogens with one attached hydrogen (secondary N) is 1. The Labute approximate surface area is 105 Å². The predicted octanol–water partition coefficient (Wildman–Crippen LogP) is 2.16. The molecular formula is C13H17FN2O2. The Hall–Kier alpha value is -1.62. The number of benzene rings is 1. The number of hydrogen-bond donors (Lipinski definition) is 2. The summed E-state index contributed by atoms with van der Waals surface area (Å²) in [4.78, 5) is 12.0. The lowest BCUT2D eigenvalue weighted by Gasteiger charge is -2.16. The highest BCUT2D eigenvalue weighted by molar-refractivity contribution is 5.93. The van der Waals surface area contributed by atoms with Crippen LogP contribution in [0, 0.1) is 11.7 Å². The van der Waals surface area contributed by atoms with Gasteiger partial charge in [0, 0.05) is 12.3 Å². The number of rotatable bonds is 3. The van der Waals surface area contributed by atoms with Gasteiger partial charge in [-0.05, 0) is 31.0 Å². The summed E-state index contributed by atoms with van der Waals surface area (Å²) in [6.45, 7) is 2.59. The van der Waals surface area contributed by atoms with Crippen LogP contribution in [0.25, 0.3) is 0 Å². The molecule has 4 nitrogen and oxygen atoms in total. The summed E-state index contributed by atoms with van der Waals surface area (Å²) >= 11 is 0. The molecule has 1 aliphatic heterocycles. The Morgan fingerprint density at radius 1 is 1.61 bits per heavy atom. The smallest absolute Gasteiger partial charge is 0.230 e. The molecular weight excluding hydrogens is 235 g/mol. The van der Waals surface area contributed by atoms with Crippen LogP contribution in [0.4, 0.5) is 15.8 Å². The molecule has 0 bridgehead atoms. The third-order valence-electron chi connectivity index (χ3n) is 3.22. The average Bonchev–Trinajstić information content (AvgIpc) is 2.82. The van der Waals surface area contributed by atoms with E-state index in [4.69, 9.17) is 10.5 Å². The first-order valence-electron chi connectivity index (χ1n) is 6.09. The maximum Gasteiger partial charge on any atom is 0.230 e. The third-order valence-corrected chi connectivity index (χ3v) is 3.22. The van der Waals surface area contributed by atoms with Crippen LogP contribution in [-0.4, -0.2) is 18.6 Å². The summed E-state index contributed by atoms with van der Waals surface area (Å²) in [5.41, 5.74) is 5.87. The van der Waals surface area contributed by atoms with Gasteiger partial charge in [-0.2, -0.15) is 0 Å². The lowest BCUT2D eigenvalue weighted by atomic mass is 9.98. The molecule has 0 aromatic heterocycles. The highest BCUT2D eigenvalue weighted by atomic mass is 19.1. The van der Waals surface area contributed by atoms with E-state index >= 15 is 0 Å². The number of hydrogen-bond acceptors (Lipinski definition) is 3. The minimum absolute atomic E-state index is 0.0383. The topological polar surface area (TPSA) is 64.3 Å². The third kappa shape index (κ3) is 2.61. The second kappa shape index (κ2) is 5.35. The Balaban J connectivity index is 2.04. The van der Waals surface area contributed by atoms with Gasteiger partial charge in [-0.3, -0.25) is 4.79 Å².